The number of methoxy groups -OCH3 is 1. The molecule has 1 aliphatic heterocycles. The second kappa shape index (κ2) is 11.0. The van der Waals surface area contributed by atoms with Crippen LogP contribution >= 0.6 is 6.64 Å². The Morgan fingerprint density at radius 3 is 2.76 bits per heavy atom. The fourth-order valence-electron chi connectivity index (χ4n) is 3.98. The molecule has 0 aliphatic carbocycles. The summed E-state index contributed by atoms with van der Waals surface area (Å²) in [5.74, 6) is 0.119. The highest BCUT2D eigenvalue weighted by molar-refractivity contribution is 8.09. The Balaban J connectivity index is 1.57. The first-order valence-corrected chi connectivity index (χ1v) is 14.2. The number of rotatable bonds is 10. The number of benzene rings is 1. The van der Waals surface area contributed by atoms with E-state index in [9.17, 15) is 9.90 Å². The number of ether oxygens (including phenoxy) is 2. The van der Waals surface area contributed by atoms with Crippen LogP contribution in [0.4, 0.5) is 16.2 Å². The molecular formula is C22H29FN7O6PS. The maximum absolute atomic E-state index is 15.9. The maximum atomic E-state index is 15.9. The number of imidazole rings is 1. The van der Waals surface area contributed by atoms with Gasteiger partial charge in [-0.2, -0.15) is 9.97 Å². The molecule has 2 aromatic heterocycles. The summed E-state index contributed by atoms with van der Waals surface area (Å²) in [6.07, 6.45) is -2.77. The van der Waals surface area contributed by atoms with Crippen molar-refractivity contribution in [3.8, 4) is 5.75 Å². The van der Waals surface area contributed by atoms with Crippen LogP contribution in [0.2, 0.25) is 0 Å². The smallest absolute Gasteiger partial charge is 0.323 e. The molecule has 16 heteroatoms. The minimum Gasteiger partial charge on any atom is -0.468 e. The van der Waals surface area contributed by atoms with Crippen molar-refractivity contribution < 1.29 is 32.8 Å². The molecule has 206 valence electrons. The highest BCUT2D eigenvalue weighted by Gasteiger charge is 2.55. The van der Waals surface area contributed by atoms with Crippen molar-refractivity contribution in [2.75, 3.05) is 31.8 Å². The first-order chi connectivity index (χ1) is 18.0. The van der Waals surface area contributed by atoms with Crippen molar-refractivity contribution in [2.45, 2.75) is 44.0 Å². The standard InChI is InChI=1S/C22H29FN7O6PS/c1-12(19(32)33-4)29-37(38,36-13-8-6-5-7-9-13)34-10-14-16(31)22(2,23)20(35-14)30-11-26-15-17(25-3)27-21(24)28-18(15)30/h5-9,11-12,14,16,20,31H,10H2,1-4H3,(H,29,38)(H3,24,25,27,28)/t12-,14-,16-,20-,22-,37?/m1/s1. The lowest BCUT2D eigenvalue weighted by Crippen LogP contribution is -2.41. The first-order valence-electron chi connectivity index (χ1n) is 11.5. The molecule has 0 bridgehead atoms. The summed E-state index contributed by atoms with van der Waals surface area (Å²) in [7, 11) is 2.88. The second-order valence-electron chi connectivity index (χ2n) is 8.70. The van der Waals surface area contributed by atoms with E-state index >= 15 is 4.39 Å². The average molecular weight is 570 g/mol. The number of halogens is 1. The van der Waals surface area contributed by atoms with Crippen molar-refractivity contribution >= 4 is 47.3 Å². The fraction of sp³-hybridized carbons (Fsp3) is 0.455. The van der Waals surface area contributed by atoms with Gasteiger partial charge in [-0.25, -0.2) is 14.5 Å². The fourth-order valence-corrected chi connectivity index (χ4v) is 6.40. The number of aliphatic hydroxyl groups is 1. The van der Waals surface area contributed by atoms with E-state index in [0.29, 0.717) is 17.1 Å². The quantitative estimate of drug-likeness (QED) is 0.207. The van der Waals surface area contributed by atoms with E-state index in [4.69, 9.17) is 36.1 Å². The highest BCUT2D eigenvalue weighted by atomic mass is 32.5. The molecule has 38 heavy (non-hydrogen) atoms. The van der Waals surface area contributed by atoms with Crippen LogP contribution in [0.5, 0.6) is 5.75 Å². The Bertz CT molecular complexity index is 1350. The molecule has 0 saturated carbocycles. The maximum Gasteiger partial charge on any atom is 0.323 e. The number of hydrogen-bond donors (Lipinski definition) is 4. The van der Waals surface area contributed by atoms with E-state index in [1.807, 2.05) is 0 Å². The lowest BCUT2D eigenvalue weighted by atomic mass is 9.98. The molecule has 6 atom stereocenters. The van der Waals surface area contributed by atoms with Gasteiger partial charge in [-0.1, -0.05) is 18.2 Å². The Kier molecular flexibility index (Phi) is 8.16. The number of nitrogens with one attached hydrogen (secondary N) is 2. The molecule has 1 saturated heterocycles. The predicted octanol–water partition coefficient (Wildman–Crippen LogP) is 1.91. The lowest BCUT2D eigenvalue weighted by molar-refractivity contribution is -0.142. The van der Waals surface area contributed by atoms with Gasteiger partial charge in [0.2, 0.25) is 5.95 Å². The lowest BCUT2D eigenvalue weighted by Gasteiger charge is -2.27. The summed E-state index contributed by atoms with van der Waals surface area (Å²) in [4.78, 5) is 24.5. The van der Waals surface area contributed by atoms with Crippen molar-refractivity contribution in [1.29, 1.82) is 0 Å². The Morgan fingerprint density at radius 2 is 2.11 bits per heavy atom. The van der Waals surface area contributed by atoms with Gasteiger partial charge in [-0.3, -0.25) is 9.36 Å². The minimum absolute atomic E-state index is 0.0489. The number of esters is 1. The molecule has 3 aromatic rings. The van der Waals surface area contributed by atoms with Crippen molar-refractivity contribution in [1.82, 2.24) is 24.6 Å². The molecule has 1 fully saturated rings. The van der Waals surface area contributed by atoms with E-state index in [2.05, 4.69) is 25.4 Å². The van der Waals surface area contributed by atoms with Crippen molar-refractivity contribution in [3.05, 3.63) is 36.7 Å². The van der Waals surface area contributed by atoms with Crippen LogP contribution in [0.15, 0.2) is 36.7 Å². The van der Waals surface area contributed by atoms with Gasteiger partial charge >= 0.3 is 12.6 Å². The van der Waals surface area contributed by atoms with E-state index in [0.717, 1.165) is 0 Å². The summed E-state index contributed by atoms with van der Waals surface area (Å²) < 4.78 is 39.8. The minimum atomic E-state index is -3.42. The summed E-state index contributed by atoms with van der Waals surface area (Å²) in [5.41, 5.74) is 4.10. The summed E-state index contributed by atoms with van der Waals surface area (Å²) in [5, 5.41) is 16.6. The van der Waals surface area contributed by atoms with Gasteiger partial charge < -0.3 is 34.7 Å². The van der Waals surface area contributed by atoms with E-state index in [1.165, 1.54) is 31.9 Å². The van der Waals surface area contributed by atoms with E-state index in [-0.39, 0.29) is 18.2 Å². The molecule has 1 aromatic carbocycles. The highest BCUT2D eigenvalue weighted by Crippen LogP contribution is 2.48. The Morgan fingerprint density at radius 1 is 1.39 bits per heavy atom. The van der Waals surface area contributed by atoms with E-state index < -0.39 is 42.8 Å². The Labute approximate surface area is 223 Å². The van der Waals surface area contributed by atoms with Crippen molar-refractivity contribution in [2.24, 2.45) is 0 Å². The first kappa shape index (κ1) is 28.1. The van der Waals surface area contributed by atoms with Gasteiger partial charge in [0.1, 0.15) is 24.0 Å². The Hall–Kier alpha value is -2.94. The molecule has 5 N–H and O–H groups in total. The number of para-hydroxylation sites is 1. The zero-order valence-corrected chi connectivity index (χ0v) is 22.8. The van der Waals surface area contributed by atoms with Crippen LogP contribution in [0, 0.1) is 0 Å². The third-order valence-corrected chi connectivity index (χ3v) is 8.43. The van der Waals surface area contributed by atoms with Crippen molar-refractivity contribution in [3.63, 3.8) is 0 Å². The molecular weight excluding hydrogens is 540 g/mol. The largest absolute Gasteiger partial charge is 0.468 e. The number of hydrogen-bond acceptors (Lipinski definition) is 12. The SMILES string of the molecule is CNc1nc(N)nc2c1ncn2[C@@H]1O[C@H](COP(=S)(N[C@H](C)C(=O)OC)Oc2ccccc2)[C@@H](O)[C@@]1(C)F. The normalized spacial score (nSPS) is 25.6. The topological polar surface area (TPSA) is 168 Å². The van der Waals surface area contributed by atoms with Gasteiger partial charge in [0.15, 0.2) is 28.9 Å². The number of carbonyl (C=O) groups is 1. The van der Waals surface area contributed by atoms with Gasteiger partial charge in [-0.05, 0) is 37.8 Å². The number of anilines is 2. The summed E-state index contributed by atoms with van der Waals surface area (Å²) in [6.45, 7) is -1.03. The van der Waals surface area contributed by atoms with Crippen LogP contribution < -0.4 is 20.7 Å². The third kappa shape index (κ3) is 5.58. The van der Waals surface area contributed by atoms with Crippen LogP contribution in [-0.2, 0) is 30.6 Å². The number of aromatic nitrogens is 4. The molecule has 4 rings (SSSR count). The molecule has 0 radical (unpaired) electrons. The van der Waals surface area contributed by atoms with Gasteiger partial charge in [-0.15, -0.1) is 0 Å². The zero-order valence-electron chi connectivity index (χ0n) is 21.1. The summed E-state index contributed by atoms with van der Waals surface area (Å²) >= 11 is 5.64. The number of nitrogens with zero attached hydrogens (tertiary/aromatic N) is 4. The summed E-state index contributed by atoms with van der Waals surface area (Å²) in [6, 6.07) is 7.75. The van der Waals surface area contributed by atoms with E-state index in [1.54, 1.807) is 37.4 Å². The monoisotopic (exact) mass is 569 g/mol. The molecule has 1 unspecified atom stereocenters. The number of carbonyl (C=O) groups excluding carboxylic acids is 1. The van der Waals surface area contributed by atoms with Crippen LogP contribution in [0.3, 0.4) is 0 Å². The van der Waals surface area contributed by atoms with Crippen LogP contribution in [0.1, 0.15) is 20.1 Å². The predicted molar refractivity (Wildman–Crippen MR) is 141 cm³/mol. The molecule has 0 amide bonds. The van der Waals surface area contributed by atoms with Gasteiger partial charge in [0.25, 0.3) is 0 Å². The zero-order chi connectivity index (χ0) is 27.7. The number of aliphatic hydroxyl groups excluding tert-OH is 1. The molecule has 13 nitrogen and oxygen atoms in total. The third-order valence-electron chi connectivity index (χ3n) is 5.93. The van der Waals surface area contributed by atoms with Crippen LogP contribution in [0.25, 0.3) is 11.2 Å². The second-order valence-corrected chi connectivity index (χ2v) is 11.8. The van der Waals surface area contributed by atoms with Gasteiger partial charge in [0.05, 0.1) is 20.0 Å². The van der Waals surface area contributed by atoms with Crippen LogP contribution in [-0.4, -0.2) is 75.3 Å². The number of nitrogen functional groups attached to an aromatic ring is 1. The number of nitrogens with two attached hydrogens (primary N) is 1. The number of alkyl halides is 1. The molecule has 3 heterocycles. The molecule has 0 spiro atoms. The molecule has 1 aliphatic rings. The number of fused-ring (bicyclic) bond motifs is 1. The van der Waals surface area contributed by atoms with Gasteiger partial charge in [0, 0.05) is 7.05 Å². The average Bonchev–Trinajstić information content (AvgIpc) is 3.39.